The van der Waals surface area contributed by atoms with Gasteiger partial charge in [-0.1, -0.05) is 40.0 Å². The molecule has 0 spiro atoms. The van der Waals surface area contributed by atoms with Crippen LogP contribution in [0.1, 0.15) is 115 Å². The van der Waals surface area contributed by atoms with E-state index < -0.39 is 0 Å². The standard InChI is InChI=1S/C34H55N5O3.ClH/c1-34(2,3)20-30(40)36-28-9-11-38(12-10-28)13-14-39-33(42-22-23-7-5-4-6-8-23)29(21-35-39)32(41)37-31-26-16-24-15-25(18-26)19-27(31)17-24;/h21,23-28,31H,4-20,22H2,1-3H3,(H,36,40)(H,37,41);1H. The minimum atomic E-state index is 0. The van der Waals surface area contributed by atoms with Crippen LogP contribution in [0.15, 0.2) is 6.20 Å². The van der Waals surface area contributed by atoms with Gasteiger partial charge < -0.3 is 20.3 Å². The molecular formula is C34H56ClN5O3. The van der Waals surface area contributed by atoms with Crippen molar-refractivity contribution in [1.82, 2.24) is 25.3 Å². The molecule has 5 saturated carbocycles. The lowest BCUT2D eigenvalue weighted by Gasteiger charge is -2.54. The summed E-state index contributed by atoms with van der Waals surface area (Å²) in [7, 11) is 0. The van der Waals surface area contributed by atoms with Gasteiger partial charge in [-0.15, -0.1) is 12.4 Å². The number of hydrogen-bond donors (Lipinski definition) is 2. The molecule has 6 fully saturated rings. The highest BCUT2D eigenvalue weighted by atomic mass is 35.5. The van der Waals surface area contributed by atoms with E-state index in [0.29, 0.717) is 54.8 Å². The molecule has 0 aromatic carbocycles. The van der Waals surface area contributed by atoms with E-state index in [0.717, 1.165) is 44.3 Å². The zero-order valence-corrected chi connectivity index (χ0v) is 27.6. The van der Waals surface area contributed by atoms with Gasteiger partial charge in [0.1, 0.15) is 5.56 Å². The van der Waals surface area contributed by atoms with Crippen molar-refractivity contribution in [2.45, 2.75) is 123 Å². The Morgan fingerprint density at radius 2 is 1.56 bits per heavy atom. The van der Waals surface area contributed by atoms with E-state index in [1.165, 1.54) is 64.2 Å². The maximum Gasteiger partial charge on any atom is 0.258 e. The average molecular weight is 618 g/mol. The predicted octanol–water partition coefficient (Wildman–Crippen LogP) is 5.84. The number of ether oxygens (including phenoxy) is 1. The number of likely N-dealkylation sites (tertiary alicyclic amines) is 1. The number of piperidine rings is 1. The minimum Gasteiger partial charge on any atom is -0.477 e. The number of amides is 2. The van der Waals surface area contributed by atoms with Crippen LogP contribution in [0.25, 0.3) is 0 Å². The molecule has 4 bridgehead atoms. The number of aromatic nitrogens is 2. The Balaban J connectivity index is 0.00000368. The Bertz CT molecular complexity index is 1060. The second kappa shape index (κ2) is 14.1. The normalized spacial score (nSPS) is 29.7. The van der Waals surface area contributed by atoms with Crippen molar-refractivity contribution in [3.05, 3.63) is 11.8 Å². The number of hydrogen-bond acceptors (Lipinski definition) is 5. The summed E-state index contributed by atoms with van der Waals surface area (Å²) < 4.78 is 8.43. The predicted molar refractivity (Wildman–Crippen MR) is 172 cm³/mol. The lowest BCUT2D eigenvalue weighted by atomic mass is 9.54. The number of carbonyl (C=O) groups excluding carboxylic acids is 2. The maximum absolute atomic E-state index is 13.7. The topological polar surface area (TPSA) is 88.5 Å². The highest BCUT2D eigenvalue weighted by Crippen LogP contribution is 2.53. The van der Waals surface area contributed by atoms with Crippen molar-refractivity contribution in [1.29, 1.82) is 0 Å². The monoisotopic (exact) mass is 617 g/mol. The molecule has 1 aliphatic heterocycles. The van der Waals surface area contributed by atoms with Crippen LogP contribution in [0.2, 0.25) is 0 Å². The second-order valence-corrected chi connectivity index (χ2v) is 15.8. The molecule has 43 heavy (non-hydrogen) atoms. The van der Waals surface area contributed by atoms with Crippen LogP contribution in [0.5, 0.6) is 5.88 Å². The largest absolute Gasteiger partial charge is 0.477 e. The SMILES string of the molecule is CC(C)(C)CC(=O)NC1CCN(CCn2ncc(C(=O)NC3C4CC5CC(C4)CC3C5)c2OCC2CCCCC2)CC1.Cl. The minimum absolute atomic E-state index is 0. The summed E-state index contributed by atoms with van der Waals surface area (Å²) in [5.41, 5.74) is 0.622. The fourth-order valence-electron chi connectivity index (χ4n) is 9.08. The third-order valence-corrected chi connectivity index (χ3v) is 11.0. The van der Waals surface area contributed by atoms with Gasteiger partial charge in [0.05, 0.1) is 19.3 Å². The van der Waals surface area contributed by atoms with Gasteiger partial charge >= 0.3 is 0 Å². The van der Waals surface area contributed by atoms with Gasteiger partial charge in [-0.25, -0.2) is 4.68 Å². The maximum atomic E-state index is 13.7. The van der Waals surface area contributed by atoms with Crippen LogP contribution in [-0.4, -0.2) is 64.8 Å². The van der Waals surface area contributed by atoms with E-state index in [-0.39, 0.29) is 35.7 Å². The van der Waals surface area contributed by atoms with Crippen LogP contribution < -0.4 is 15.4 Å². The first-order valence-electron chi connectivity index (χ1n) is 17.2. The Kier molecular flexibility index (Phi) is 10.7. The van der Waals surface area contributed by atoms with Gasteiger partial charge in [0, 0.05) is 38.1 Å². The zero-order valence-electron chi connectivity index (χ0n) is 26.8. The molecule has 1 aromatic heterocycles. The third kappa shape index (κ3) is 8.27. The van der Waals surface area contributed by atoms with Crippen LogP contribution in [0, 0.1) is 35.0 Å². The first kappa shape index (κ1) is 32.6. The summed E-state index contributed by atoms with van der Waals surface area (Å²) in [6.45, 7) is 10.5. The van der Waals surface area contributed by atoms with Crippen molar-refractivity contribution < 1.29 is 14.3 Å². The van der Waals surface area contributed by atoms with E-state index in [2.05, 4.69) is 36.3 Å². The second-order valence-electron chi connectivity index (χ2n) is 15.8. The van der Waals surface area contributed by atoms with Crippen molar-refractivity contribution in [3.63, 3.8) is 0 Å². The molecule has 0 unspecified atom stereocenters. The summed E-state index contributed by atoms with van der Waals surface area (Å²) in [4.78, 5) is 28.6. The molecule has 1 aromatic rings. The lowest BCUT2D eigenvalue weighted by Crippen LogP contribution is -2.55. The van der Waals surface area contributed by atoms with E-state index >= 15 is 0 Å². The quantitative estimate of drug-likeness (QED) is 0.345. The van der Waals surface area contributed by atoms with Crippen molar-refractivity contribution >= 4 is 24.2 Å². The smallest absolute Gasteiger partial charge is 0.258 e. The number of carbonyl (C=O) groups is 2. The summed E-state index contributed by atoms with van der Waals surface area (Å²) in [5, 5.41) is 11.4. The number of halogens is 1. The summed E-state index contributed by atoms with van der Waals surface area (Å²) in [6, 6.07) is 0.570. The first-order chi connectivity index (χ1) is 20.2. The molecule has 7 rings (SSSR count). The number of nitrogens with one attached hydrogen (secondary N) is 2. The zero-order chi connectivity index (χ0) is 29.3. The fraction of sp³-hybridized carbons (Fsp3) is 0.853. The average Bonchev–Trinajstić information content (AvgIpc) is 3.35. The van der Waals surface area contributed by atoms with Gasteiger partial charge in [0.15, 0.2) is 0 Å². The molecule has 0 atom stereocenters. The Labute approximate surface area is 265 Å². The van der Waals surface area contributed by atoms with E-state index in [9.17, 15) is 9.59 Å². The van der Waals surface area contributed by atoms with E-state index in [1.807, 2.05) is 4.68 Å². The number of nitrogens with zero attached hydrogens (tertiary/aromatic N) is 3. The summed E-state index contributed by atoms with van der Waals surface area (Å²) >= 11 is 0. The Hall–Kier alpha value is -1.80. The van der Waals surface area contributed by atoms with Gasteiger partial charge in [-0.05, 0) is 92.8 Å². The molecule has 9 heteroatoms. The highest BCUT2D eigenvalue weighted by molar-refractivity contribution is 5.96. The molecule has 2 amide bonds. The first-order valence-corrected chi connectivity index (χ1v) is 17.2. The number of rotatable bonds is 10. The van der Waals surface area contributed by atoms with Crippen molar-refractivity contribution in [3.8, 4) is 5.88 Å². The molecule has 2 N–H and O–H groups in total. The molecule has 0 radical (unpaired) electrons. The van der Waals surface area contributed by atoms with E-state index in [4.69, 9.17) is 9.84 Å². The molecule has 5 aliphatic carbocycles. The highest BCUT2D eigenvalue weighted by Gasteiger charge is 2.48. The fourth-order valence-corrected chi connectivity index (χ4v) is 9.08. The van der Waals surface area contributed by atoms with Crippen LogP contribution in [-0.2, 0) is 11.3 Å². The van der Waals surface area contributed by atoms with Crippen LogP contribution in [0.4, 0.5) is 0 Å². The van der Waals surface area contributed by atoms with Crippen LogP contribution >= 0.6 is 12.4 Å². The Morgan fingerprint density at radius 1 is 0.907 bits per heavy atom. The van der Waals surface area contributed by atoms with Gasteiger partial charge in [-0.3, -0.25) is 9.59 Å². The van der Waals surface area contributed by atoms with Gasteiger partial charge in [-0.2, -0.15) is 5.10 Å². The Morgan fingerprint density at radius 3 is 2.19 bits per heavy atom. The molecule has 8 nitrogen and oxygen atoms in total. The molecule has 2 heterocycles. The van der Waals surface area contributed by atoms with E-state index in [1.54, 1.807) is 6.20 Å². The van der Waals surface area contributed by atoms with Gasteiger partial charge in [0.25, 0.3) is 5.91 Å². The molecule has 6 aliphatic rings. The van der Waals surface area contributed by atoms with Crippen molar-refractivity contribution in [2.24, 2.45) is 35.0 Å². The van der Waals surface area contributed by atoms with Crippen molar-refractivity contribution in [2.75, 3.05) is 26.2 Å². The molecule has 242 valence electrons. The lowest BCUT2D eigenvalue weighted by molar-refractivity contribution is -0.123. The third-order valence-electron chi connectivity index (χ3n) is 11.0. The molecule has 1 saturated heterocycles. The summed E-state index contributed by atoms with van der Waals surface area (Å²) in [6.07, 6.45) is 17.1. The van der Waals surface area contributed by atoms with Crippen LogP contribution in [0.3, 0.4) is 0 Å². The summed E-state index contributed by atoms with van der Waals surface area (Å²) in [5.74, 6) is 4.47. The molecular weight excluding hydrogens is 562 g/mol. The van der Waals surface area contributed by atoms with Gasteiger partial charge in [0.2, 0.25) is 11.8 Å².